The largest absolute Gasteiger partial charge is 0.476 e. The van der Waals surface area contributed by atoms with Gasteiger partial charge in [0.05, 0.1) is 24.2 Å². The van der Waals surface area contributed by atoms with Gasteiger partial charge in [-0.15, -0.1) is 0 Å². The summed E-state index contributed by atoms with van der Waals surface area (Å²) in [5.41, 5.74) is 11.1. The minimum absolute atomic E-state index is 0.0983. The van der Waals surface area contributed by atoms with E-state index in [2.05, 4.69) is 129 Å². The van der Waals surface area contributed by atoms with Gasteiger partial charge in [-0.3, -0.25) is 24.0 Å². The Bertz CT molecular complexity index is 2110. The highest BCUT2D eigenvalue weighted by molar-refractivity contribution is 5.94. The number of carboxylic acid groups (broad SMARTS) is 1. The van der Waals surface area contributed by atoms with Gasteiger partial charge in [-0.2, -0.15) is 10.2 Å². The highest BCUT2D eigenvalue weighted by Gasteiger charge is 2.37. The van der Waals surface area contributed by atoms with Crippen LogP contribution in [0.5, 0.6) is 0 Å². The van der Waals surface area contributed by atoms with Crippen LogP contribution in [-0.2, 0) is 0 Å². The van der Waals surface area contributed by atoms with Gasteiger partial charge >= 0.3 is 5.97 Å². The molecule has 292 valence electrons. The lowest BCUT2D eigenvalue weighted by Crippen LogP contribution is -2.49. The van der Waals surface area contributed by atoms with Crippen LogP contribution in [0.4, 0.5) is 0 Å². The molecule has 4 heterocycles. The van der Waals surface area contributed by atoms with E-state index in [-0.39, 0.29) is 29.6 Å². The molecule has 10 rings (SSSR count). The number of nitrogens with zero attached hydrogens (tertiary/aromatic N) is 6. The Labute approximate surface area is 334 Å². The van der Waals surface area contributed by atoms with E-state index in [4.69, 9.17) is 10.8 Å². The Hall–Kier alpha value is -5.68. The van der Waals surface area contributed by atoms with E-state index in [0.717, 1.165) is 26.2 Å². The molecule has 4 fully saturated rings. The first-order valence-corrected chi connectivity index (χ1v) is 20.2. The highest BCUT2D eigenvalue weighted by Crippen LogP contribution is 2.38. The van der Waals surface area contributed by atoms with Crippen molar-refractivity contribution in [2.75, 3.05) is 26.2 Å². The summed E-state index contributed by atoms with van der Waals surface area (Å²) >= 11 is 0. The third kappa shape index (κ3) is 9.65. The van der Waals surface area contributed by atoms with Crippen LogP contribution in [0, 0.1) is 5.92 Å². The number of likely N-dealkylation sites (tertiary alicyclic amines) is 2. The molecule has 6 aromatic rings. The molecular weight excluding hydrogens is 711 g/mol. The molecule has 57 heavy (non-hydrogen) atoms. The maximum atomic E-state index is 12.3. The second-order valence-corrected chi connectivity index (χ2v) is 15.7. The van der Waals surface area contributed by atoms with E-state index in [1.54, 1.807) is 16.9 Å². The van der Waals surface area contributed by atoms with Gasteiger partial charge in [0.1, 0.15) is 5.69 Å². The number of Topliss-reactive ketones (excluding diaryl/α,β-unsaturated/α-hetero) is 1. The van der Waals surface area contributed by atoms with Gasteiger partial charge in [-0.25, -0.2) is 4.79 Å². The molecule has 4 aliphatic rings. The maximum absolute atomic E-state index is 12.3. The smallest absolute Gasteiger partial charge is 0.356 e. The van der Waals surface area contributed by atoms with Crippen LogP contribution >= 0.6 is 0 Å². The van der Waals surface area contributed by atoms with Crippen molar-refractivity contribution in [2.45, 2.75) is 62.3 Å². The lowest BCUT2D eigenvalue weighted by atomic mass is 9.93. The van der Waals surface area contributed by atoms with Gasteiger partial charge in [-0.1, -0.05) is 121 Å². The van der Waals surface area contributed by atoms with E-state index >= 15 is 0 Å². The van der Waals surface area contributed by atoms with Gasteiger partial charge in [0, 0.05) is 51.0 Å². The number of carbonyl (C=O) groups excluding carboxylic acids is 1. The van der Waals surface area contributed by atoms with Gasteiger partial charge < -0.3 is 10.8 Å². The Kier molecular flexibility index (Phi) is 11.8. The zero-order chi connectivity index (χ0) is 39.1. The third-order valence-electron chi connectivity index (χ3n) is 11.2. The monoisotopic (exact) mass is 761 g/mol. The molecule has 4 aromatic carbocycles. The van der Waals surface area contributed by atoms with E-state index in [0.29, 0.717) is 30.1 Å². The predicted octanol–water partition coefficient (Wildman–Crippen LogP) is 7.85. The molecule has 2 aromatic heterocycles. The average molecular weight is 762 g/mol. The summed E-state index contributed by atoms with van der Waals surface area (Å²) in [4.78, 5) is 28.2. The zero-order valence-electron chi connectivity index (χ0n) is 32.2. The third-order valence-corrected chi connectivity index (χ3v) is 11.2. The van der Waals surface area contributed by atoms with Gasteiger partial charge in [-0.05, 0) is 66.0 Å². The molecule has 0 spiro atoms. The Morgan fingerprint density at radius 3 is 1.23 bits per heavy atom. The van der Waals surface area contributed by atoms with Crippen molar-refractivity contribution in [1.82, 2.24) is 29.4 Å². The molecule has 2 aliphatic carbocycles. The van der Waals surface area contributed by atoms with E-state index < -0.39 is 5.97 Å². The number of ketones is 1. The number of aromatic nitrogens is 4. The Morgan fingerprint density at radius 1 is 0.561 bits per heavy atom. The molecule has 0 unspecified atom stereocenters. The zero-order valence-corrected chi connectivity index (χ0v) is 32.2. The lowest BCUT2D eigenvalue weighted by molar-refractivity contribution is 0.0641. The van der Waals surface area contributed by atoms with Crippen molar-refractivity contribution in [2.24, 2.45) is 11.7 Å². The summed E-state index contributed by atoms with van der Waals surface area (Å²) in [7, 11) is 0. The van der Waals surface area contributed by atoms with Gasteiger partial charge in [0.15, 0.2) is 11.5 Å². The number of hydrogen-bond donors (Lipinski definition) is 2. The van der Waals surface area contributed by atoms with Crippen LogP contribution in [0.1, 0.15) is 99.5 Å². The van der Waals surface area contributed by atoms with Crippen LogP contribution in [0.2, 0.25) is 0 Å². The molecule has 2 saturated heterocycles. The molecule has 2 saturated carbocycles. The number of carboxylic acids is 1. The lowest BCUT2D eigenvalue weighted by Gasteiger charge is -2.44. The van der Waals surface area contributed by atoms with Crippen molar-refractivity contribution in [1.29, 1.82) is 0 Å². The second-order valence-electron chi connectivity index (χ2n) is 15.7. The fourth-order valence-electron chi connectivity index (χ4n) is 7.63. The summed E-state index contributed by atoms with van der Waals surface area (Å²) in [6, 6.07) is 47.3. The molecule has 3 N–H and O–H groups in total. The number of benzene rings is 4. The van der Waals surface area contributed by atoms with Crippen molar-refractivity contribution >= 4 is 11.8 Å². The molecular formula is C47H51N7O3. The Morgan fingerprint density at radius 2 is 0.912 bits per heavy atom. The number of rotatable bonds is 12. The van der Waals surface area contributed by atoms with Crippen molar-refractivity contribution in [3.05, 3.63) is 179 Å². The molecule has 2 aliphatic heterocycles. The van der Waals surface area contributed by atoms with Crippen LogP contribution in [-0.4, -0.2) is 78.4 Å². The minimum atomic E-state index is -0.985. The quantitative estimate of drug-likeness (QED) is 0.121. The van der Waals surface area contributed by atoms with E-state index in [1.807, 2.05) is 29.1 Å². The van der Waals surface area contributed by atoms with Crippen molar-refractivity contribution in [3.8, 4) is 0 Å². The Balaban J connectivity index is 0.000000146. The number of carbonyl (C=O) groups is 2. The average Bonchev–Trinajstić information content (AvgIpc) is 4.09. The summed E-state index contributed by atoms with van der Waals surface area (Å²) < 4.78 is 3.76. The summed E-state index contributed by atoms with van der Waals surface area (Å²) in [6.45, 7) is 3.56. The molecule has 0 atom stereocenters. The van der Waals surface area contributed by atoms with E-state index in [9.17, 15) is 9.59 Å². The fourth-order valence-corrected chi connectivity index (χ4v) is 7.63. The number of aromatic carboxylic acids is 1. The maximum Gasteiger partial charge on any atom is 0.356 e. The topological polar surface area (TPSA) is 123 Å². The predicted molar refractivity (Wildman–Crippen MR) is 221 cm³/mol. The molecule has 0 radical (unpaired) electrons. The second kappa shape index (κ2) is 17.6. The number of nitrogens with two attached hydrogens (primary N) is 1. The minimum Gasteiger partial charge on any atom is -0.476 e. The van der Waals surface area contributed by atoms with Crippen LogP contribution in [0.25, 0.3) is 0 Å². The first kappa shape index (κ1) is 38.2. The van der Waals surface area contributed by atoms with Gasteiger partial charge in [0.25, 0.3) is 0 Å². The number of hydrogen-bond acceptors (Lipinski definition) is 7. The summed E-state index contributed by atoms with van der Waals surface area (Å²) in [6.07, 6.45) is 9.32. The van der Waals surface area contributed by atoms with Gasteiger partial charge in [0.2, 0.25) is 0 Å². The van der Waals surface area contributed by atoms with Crippen LogP contribution < -0.4 is 5.73 Å². The molecule has 10 nitrogen and oxygen atoms in total. The standard InChI is InChI=1S/C24H25N3O.C20H19N3O2.C3H7N/c28-23(15-18-11-12-18)22-13-14-27(25-22)21-16-26(17-21)24(19-7-3-1-4-8-19)20-9-5-2-6-10-20;24-20(25)18-11-12-23(21-18)17-13-22(14-17)19(15-7-3-1-4-8-15)16-9-5-2-6-10-16;4-3-1-2-3/h1-10,13-14,18,21,24H,11-12,15-17H2;1-12,17,19H,13-14H2,(H,24,25);3H,1-2,4H2. The van der Waals surface area contributed by atoms with Crippen LogP contribution in [0.3, 0.4) is 0 Å². The fraction of sp³-hybridized carbons (Fsp3) is 0.319. The summed E-state index contributed by atoms with van der Waals surface area (Å²) in [5.74, 6) is -0.181. The first-order valence-electron chi connectivity index (χ1n) is 20.2. The molecule has 10 heteroatoms. The SMILES string of the molecule is NC1CC1.O=C(CC1CC1)c1ccn(C2CN(C(c3ccccc3)c3ccccc3)C2)n1.O=C(O)c1ccn(C2CN(C(c3ccccc3)c3ccccc3)C2)n1. The molecule has 0 bridgehead atoms. The normalized spacial score (nSPS) is 17.2. The molecule has 0 amide bonds. The van der Waals surface area contributed by atoms with Crippen molar-refractivity contribution < 1.29 is 14.7 Å². The van der Waals surface area contributed by atoms with E-state index in [1.165, 1.54) is 47.9 Å². The first-order chi connectivity index (χ1) is 27.9. The van der Waals surface area contributed by atoms with Crippen LogP contribution in [0.15, 0.2) is 146 Å². The summed E-state index contributed by atoms with van der Waals surface area (Å²) in [5, 5.41) is 17.8. The van der Waals surface area contributed by atoms with Crippen molar-refractivity contribution in [3.63, 3.8) is 0 Å². The highest BCUT2D eigenvalue weighted by atomic mass is 16.4.